The third kappa shape index (κ3) is 5.86. The van der Waals surface area contributed by atoms with E-state index in [0.717, 1.165) is 22.3 Å². The molecule has 8 heteroatoms. The van der Waals surface area contributed by atoms with Crippen LogP contribution in [-0.4, -0.2) is 39.5 Å². The lowest BCUT2D eigenvalue weighted by Crippen LogP contribution is -2.34. The molecule has 0 spiro atoms. The number of rotatable bonds is 10. The highest BCUT2D eigenvalue weighted by Crippen LogP contribution is 2.44. The predicted octanol–water partition coefficient (Wildman–Crippen LogP) is 5.86. The molecule has 1 aliphatic rings. The van der Waals surface area contributed by atoms with Crippen molar-refractivity contribution in [2.24, 2.45) is 0 Å². The summed E-state index contributed by atoms with van der Waals surface area (Å²) in [6.07, 6.45) is -1.95. The van der Waals surface area contributed by atoms with E-state index in [2.05, 4.69) is 17.4 Å². The van der Waals surface area contributed by atoms with Gasteiger partial charge in [0, 0.05) is 12.0 Å². The number of fused-ring (bicyclic) bond motifs is 3. The average molecular weight is 540 g/mol. The van der Waals surface area contributed by atoms with Crippen LogP contribution in [0.1, 0.15) is 28.8 Å². The summed E-state index contributed by atoms with van der Waals surface area (Å²) in [5.74, 6) is 0.612. The molecule has 0 aromatic heterocycles. The number of hydrogen-bond donors (Lipinski definition) is 1. The summed E-state index contributed by atoms with van der Waals surface area (Å²) >= 11 is 0. The maximum absolute atomic E-state index is 13.1. The fraction of sp³-hybridized carbons (Fsp3) is 0.188. The van der Waals surface area contributed by atoms with Crippen LogP contribution in [0.2, 0.25) is 0 Å². The summed E-state index contributed by atoms with van der Waals surface area (Å²) in [6.45, 7) is -0.247. The molecule has 5 rings (SSSR count). The highest BCUT2D eigenvalue weighted by atomic mass is 16.6. The second-order valence-electron chi connectivity index (χ2n) is 9.05. The van der Waals surface area contributed by atoms with Crippen LogP contribution in [0.15, 0.2) is 97.1 Å². The number of hydrogen-bond acceptors (Lipinski definition) is 7. The Labute approximate surface area is 232 Å². The number of para-hydroxylation sites is 1. The second kappa shape index (κ2) is 12.3. The van der Waals surface area contributed by atoms with Gasteiger partial charge in [0.15, 0.2) is 6.61 Å². The van der Waals surface area contributed by atoms with Crippen molar-refractivity contribution in [1.82, 2.24) is 5.32 Å². The Hall–Kier alpha value is -4.98. The third-order valence-corrected chi connectivity index (χ3v) is 6.66. The Balaban J connectivity index is 1.31. The summed E-state index contributed by atoms with van der Waals surface area (Å²) < 4.78 is 27.6. The van der Waals surface area contributed by atoms with Gasteiger partial charge in [0.2, 0.25) is 6.23 Å². The average Bonchev–Trinajstić information content (AvgIpc) is 3.32. The fourth-order valence-electron chi connectivity index (χ4n) is 4.78. The number of amides is 1. The second-order valence-corrected chi connectivity index (χ2v) is 9.05. The Bertz CT molecular complexity index is 1440. The monoisotopic (exact) mass is 539 g/mol. The molecule has 1 unspecified atom stereocenters. The lowest BCUT2D eigenvalue weighted by molar-refractivity contribution is -0.153. The topological polar surface area (TPSA) is 92.3 Å². The molecule has 0 fully saturated rings. The van der Waals surface area contributed by atoms with Gasteiger partial charge in [-0.05, 0) is 46.5 Å². The quantitative estimate of drug-likeness (QED) is 0.199. The van der Waals surface area contributed by atoms with Gasteiger partial charge in [-0.1, -0.05) is 66.7 Å². The number of alkyl carbamates (subject to hydrolysis) is 1. The van der Waals surface area contributed by atoms with Crippen LogP contribution in [0, 0.1) is 0 Å². The van der Waals surface area contributed by atoms with E-state index in [9.17, 15) is 9.59 Å². The standard InChI is InChI=1S/C32H29NO7/c1-36-22-16-17-27(29(18-22)37-2)31(40-30(34)20-38-21-10-4-3-5-11-21)33-32(35)39-19-28-25-14-8-6-12-23(25)24-13-7-9-15-26(24)28/h3-18,28,31H,19-20H2,1-2H3,(H,33,35). The van der Waals surface area contributed by atoms with E-state index in [-0.39, 0.29) is 19.1 Å². The molecule has 0 saturated carbocycles. The molecule has 204 valence electrons. The van der Waals surface area contributed by atoms with Crippen molar-refractivity contribution in [2.75, 3.05) is 27.4 Å². The van der Waals surface area contributed by atoms with Crippen molar-refractivity contribution >= 4 is 12.1 Å². The van der Waals surface area contributed by atoms with Gasteiger partial charge in [-0.25, -0.2) is 9.59 Å². The van der Waals surface area contributed by atoms with Crippen molar-refractivity contribution in [1.29, 1.82) is 0 Å². The van der Waals surface area contributed by atoms with Gasteiger partial charge in [-0.3, -0.25) is 5.32 Å². The van der Waals surface area contributed by atoms with Crippen LogP contribution in [0.3, 0.4) is 0 Å². The van der Waals surface area contributed by atoms with E-state index in [0.29, 0.717) is 22.8 Å². The molecule has 0 aliphatic heterocycles. The Morgan fingerprint density at radius 2 is 1.43 bits per heavy atom. The predicted molar refractivity (Wildman–Crippen MR) is 149 cm³/mol. The van der Waals surface area contributed by atoms with Crippen LogP contribution in [0.5, 0.6) is 17.2 Å². The fourth-order valence-corrected chi connectivity index (χ4v) is 4.78. The maximum atomic E-state index is 13.1. The minimum Gasteiger partial charge on any atom is -0.497 e. The van der Waals surface area contributed by atoms with Crippen molar-refractivity contribution in [3.05, 3.63) is 114 Å². The largest absolute Gasteiger partial charge is 0.497 e. The molecule has 0 radical (unpaired) electrons. The van der Waals surface area contributed by atoms with Crippen LogP contribution < -0.4 is 19.5 Å². The molecule has 4 aromatic carbocycles. The Morgan fingerprint density at radius 1 is 0.775 bits per heavy atom. The molecule has 8 nitrogen and oxygen atoms in total. The van der Waals surface area contributed by atoms with E-state index in [1.807, 2.05) is 42.5 Å². The van der Waals surface area contributed by atoms with Crippen LogP contribution in [0.25, 0.3) is 11.1 Å². The van der Waals surface area contributed by atoms with Gasteiger partial charge in [0.1, 0.15) is 23.9 Å². The summed E-state index contributed by atoms with van der Waals surface area (Å²) in [7, 11) is 3.00. The molecular formula is C32H29NO7. The van der Waals surface area contributed by atoms with Crippen molar-refractivity contribution in [3.63, 3.8) is 0 Å². The van der Waals surface area contributed by atoms with Crippen LogP contribution in [-0.2, 0) is 14.3 Å². The number of carbonyl (C=O) groups excluding carboxylic acids is 2. The third-order valence-electron chi connectivity index (χ3n) is 6.66. The summed E-state index contributed by atoms with van der Waals surface area (Å²) in [6, 6.07) is 30.0. The molecule has 0 bridgehead atoms. The summed E-state index contributed by atoms with van der Waals surface area (Å²) in [5, 5.41) is 2.67. The van der Waals surface area contributed by atoms with E-state index < -0.39 is 18.3 Å². The number of methoxy groups -OCH3 is 2. The lowest BCUT2D eigenvalue weighted by atomic mass is 9.98. The first-order chi connectivity index (χ1) is 19.6. The van der Waals surface area contributed by atoms with E-state index in [4.69, 9.17) is 23.7 Å². The Kier molecular flexibility index (Phi) is 8.15. The van der Waals surface area contributed by atoms with Gasteiger partial charge in [0.05, 0.1) is 19.8 Å². The van der Waals surface area contributed by atoms with Crippen molar-refractivity contribution in [3.8, 4) is 28.4 Å². The van der Waals surface area contributed by atoms with Gasteiger partial charge in [-0.15, -0.1) is 0 Å². The maximum Gasteiger partial charge on any atom is 0.410 e. The molecule has 40 heavy (non-hydrogen) atoms. The number of benzene rings is 4. The zero-order valence-corrected chi connectivity index (χ0v) is 22.2. The zero-order chi connectivity index (χ0) is 27.9. The zero-order valence-electron chi connectivity index (χ0n) is 22.2. The number of esters is 1. The molecule has 1 N–H and O–H groups in total. The van der Waals surface area contributed by atoms with Gasteiger partial charge in [0.25, 0.3) is 0 Å². The molecule has 0 heterocycles. The normalized spacial score (nSPS) is 12.4. The highest BCUT2D eigenvalue weighted by molar-refractivity contribution is 5.79. The number of nitrogens with one attached hydrogen (secondary N) is 1. The number of ether oxygens (including phenoxy) is 5. The smallest absolute Gasteiger partial charge is 0.410 e. The number of carbonyl (C=O) groups is 2. The van der Waals surface area contributed by atoms with Gasteiger partial charge < -0.3 is 23.7 Å². The molecule has 1 aliphatic carbocycles. The van der Waals surface area contributed by atoms with E-state index in [1.165, 1.54) is 14.2 Å². The highest BCUT2D eigenvalue weighted by Gasteiger charge is 2.30. The van der Waals surface area contributed by atoms with Crippen molar-refractivity contribution < 1.29 is 33.3 Å². The van der Waals surface area contributed by atoms with Gasteiger partial charge >= 0.3 is 12.1 Å². The van der Waals surface area contributed by atoms with Crippen LogP contribution >= 0.6 is 0 Å². The van der Waals surface area contributed by atoms with E-state index >= 15 is 0 Å². The minimum absolute atomic E-state index is 0.109. The molecule has 0 saturated heterocycles. The van der Waals surface area contributed by atoms with E-state index in [1.54, 1.807) is 42.5 Å². The first-order valence-corrected chi connectivity index (χ1v) is 12.8. The summed E-state index contributed by atoms with van der Waals surface area (Å²) in [4.78, 5) is 25.8. The first-order valence-electron chi connectivity index (χ1n) is 12.8. The SMILES string of the molecule is COc1ccc(C(NC(=O)OCC2c3ccccc3-c3ccccc32)OC(=O)COc2ccccc2)c(OC)c1. The minimum atomic E-state index is -1.21. The Morgan fingerprint density at radius 3 is 2.08 bits per heavy atom. The van der Waals surface area contributed by atoms with Crippen molar-refractivity contribution in [2.45, 2.75) is 12.1 Å². The molecular weight excluding hydrogens is 510 g/mol. The molecule has 1 atom stereocenters. The first kappa shape index (κ1) is 26.6. The van der Waals surface area contributed by atoms with Gasteiger partial charge in [-0.2, -0.15) is 0 Å². The lowest BCUT2D eigenvalue weighted by Gasteiger charge is -2.22. The molecule has 1 amide bonds. The summed E-state index contributed by atoms with van der Waals surface area (Å²) in [5.41, 5.74) is 4.84. The van der Waals surface area contributed by atoms with Crippen LogP contribution in [0.4, 0.5) is 4.79 Å². The molecule has 4 aromatic rings.